The number of hydrogen-bond acceptors (Lipinski definition) is 2. The van der Waals surface area contributed by atoms with Gasteiger partial charge in [-0.3, -0.25) is 0 Å². The van der Waals surface area contributed by atoms with Crippen molar-refractivity contribution in [2.24, 2.45) is 0 Å². The molecule has 20 heavy (non-hydrogen) atoms. The Balaban J connectivity index is 2.37. The molecule has 0 aliphatic rings. The number of carboxylic acid groups (broad SMARTS) is 1. The van der Waals surface area contributed by atoms with E-state index in [1.807, 2.05) is 0 Å². The van der Waals surface area contributed by atoms with Gasteiger partial charge >= 0.3 is 5.97 Å². The molecule has 0 heterocycles. The van der Waals surface area contributed by atoms with Crippen LogP contribution in [0.5, 0.6) is 0 Å². The van der Waals surface area contributed by atoms with Gasteiger partial charge in [0.25, 0.3) is 0 Å². The molecule has 0 bridgehead atoms. The van der Waals surface area contributed by atoms with Gasteiger partial charge in [0.1, 0.15) is 0 Å². The molecule has 6 heteroatoms. The van der Waals surface area contributed by atoms with Crippen molar-refractivity contribution in [1.82, 2.24) is 0 Å². The number of nitrogens with one attached hydrogen (secondary N) is 1. The van der Waals surface area contributed by atoms with Crippen molar-refractivity contribution in [2.75, 3.05) is 5.32 Å². The first kappa shape index (κ1) is 14.3. The van der Waals surface area contributed by atoms with Gasteiger partial charge < -0.3 is 10.4 Å². The van der Waals surface area contributed by atoms with Crippen molar-refractivity contribution < 1.29 is 18.7 Å². The van der Waals surface area contributed by atoms with Crippen LogP contribution < -0.4 is 5.32 Å². The number of carboxylic acids is 1. The lowest BCUT2D eigenvalue weighted by atomic mass is 10.1. The van der Waals surface area contributed by atoms with Crippen LogP contribution in [0, 0.1) is 11.6 Å². The second-order valence-electron chi connectivity index (χ2n) is 4.07. The van der Waals surface area contributed by atoms with Gasteiger partial charge in [-0.2, -0.15) is 0 Å². The highest BCUT2D eigenvalue weighted by Crippen LogP contribution is 2.25. The molecule has 2 N–H and O–H groups in total. The number of rotatable bonds is 4. The summed E-state index contributed by atoms with van der Waals surface area (Å²) in [6, 6.07) is 8.30. The van der Waals surface area contributed by atoms with Crippen LogP contribution in [0.15, 0.2) is 42.5 Å². The Morgan fingerprint density at radius 1 is 1.20 bits per heavy atom. The molecule has 1 unspecified atom stereocenters. The zero-order valence-electron chi connectivity index (χ0n) is 10.1. The molecule has 1 atom stereocenters. The fourth-order valence-corrected chi connectivity index (χ4v) is 1.95. The van der Waals surface area contributed by atoms with Crippen LogP contribution in [-0.2, 0) is 4.79 Å². The van der Waals surface area contributed by atoms with E-state index in [4.69, 9.17) is 11.6 Å². The van der Waals surface area contributed by atoms with E-state index < -0.39 is 23.6 Å². The predicted octanol–water partition coefficient (Wildman–Crippen LogP) is 3.86. The van der Waals surface area contributed by atoms with Crippen molar-refractivity contribution in [3.05, 3.63) is 64.7 Å². The van der Waals surface area contributed by atoms with E-state index in [1.54, 1.807) is 18.2 Å². The lowest BCUT2D eigenvalue weighted by molar-refractivity contribution is -0.138. The fourth-order valence-electron chi connectivity index (χ4n) is 1.76. The zero-order chi connectivity index (χ0) is 14.7. The highest BCUT2D eigenvalue weighted by atomic mass is 35.5. The minimum absolute atomic E-state index is 0.280. The summed E-state index contributed by atoms with van der Waals surface area (Å²) in [4.78, 5) is 11.3. The van der Waals surface area contributed by atoms with E-state index in [2.05, 4.69) is 5.32 Å². The molecule has 2 aromatic carbocycles. The highest BCUT2D eigenvalue weighted by Gasteiger charge is 2.24. The second-order valence-corrected chi connectivity index (χ2v) is 4.51. The third kappa shape index (κ3) is 3.05. The summed E-state index contributed by atoms with van der Waals surface area (Å²) in [6.07, 6.45) is 0. The number of halogens is 3. The molecular formula is C14H10ClF2NO2. The third-order valence-electron chi connectivity index (χ3n) is 2.68. The summed E-state index contributed by atoms with van der Waals surface area (Å²) >= 11 is 5.79. The fraction of sp³-hybridized carbons (Fsp3) is 0.0714. The van der Waals surface area contributed by atoms with Gasteiger partial charge in [0.15, 0.2) is 17.7 Å². The van der Waals surface area contributed by atoms with Crippen molar-refractivity contribution in [2.45, 2.75) is 6.04 Å². The zero-order valence-corrected chi connectivity index (χ0v) is 10.9. The third-order valence-corrected chi connectivity index (χ3v) is 2.91. The second kappa shape index (κ2) is 5.88. The Morgan fingerprint density at radius 2 is 1.90 bits per heavy atom. The topological polar surface area (TPSA) is 49.3 Å². The summed E-state index contributed by atoms with van der Waals surface area (Å²) in [5.41, 5.74) is 0.117. The normalized spacial score (nSPS) is 11.9. The highest BCUT2D eigenvalue weighted by molar-refractivity contribution is 6.30. The molecule has 2 rings (SSSR count). The maximum atomic E-state index is 13.7. The number of aliphatic carboxylic acids is 1. The van der Waals surface area contributed by atoms with E-state index in [9.17, 15) is 18.7 Å². The quantitative estimate of drug-likeness (QED) is 0.901. The van der Waals surface area contributed by atoms with E-state index in [1.165, 1.54) is 18.2 Å². The van der Waals surface area contributed by atoms with Crippen LogP contribution in [0.4, 0.5) is 14.5 Å². The minimum Gasteiger partial charge on any atom is -0.479 e. The van der Waals surface area contributed by atoms with E-state index in [-0.39, 0.29) is 5.56 Å². The van der Waals surface area contributed by atoms with Gasteiger partial charge in [-0.15, -0.1) is 0 Å². The molecule has 2 aromatic rings. The standard InChI is InChI=1S/C14H10ClF2NO2/c15-8-3-1-4-9(7-8)18-13(14(19)20)10-5-2-6-11(16)12(10)17/h1-7,13,18H,(H,19,20). The van der Waals surface area contributed by atoms with Gasteiger partial charge in [0, 0.05) is 16.3 Å². The maximum absolute atomic E-state index is 13.7. The summed E-state index contributed by atoms with van der Waals surface area (Å²) in [5, 5.41) is 12.2. The first-order chi connectivity index (χ1) is 9.49. The van der Waals surface area contributed by atoms with Gasteiger partial charge in [0.2, 0.25) is 0 Å². The van der Waals surface area contributed by atoms with Gasteiger partial charge in [-0.05, 0) is 24.3 Å². The molecule has 0 saturated carbocycles. The summed E-state index contributed by atoms with van der Waals surface area (Å²) < 4.78 is 26.9. The molecule has 0 saturated heterocycles. The Hall–Kier alpha value is -2.14. The van der Waals surface area contributed by atoms with Gasteiger partial charge in [0.05, 0.1) is 0 Å². The molecule has 3 nitrogen and oxygen atoms in total. The SMILES string of the molecule is O=C(O)C(Nc1cccc(Cl)c1)c1cccc(F)c1F. The summed E-state index contributed by atoms with van der Waals surface area (Å²) in [5.74, 6) is -3.61. The molecule has 0 radical (unpaired) electrons. The Bertz CT molecular complexity index is 649. The van der Waals surface area contributed by atoms with Crippen molar-refractivity contribution >= 4 is 23.3 Å². The van der Waals surface area contributed by atoms with Crippen LogP contribution in [0.2, 0.25) is 5.02 Å². The predicted molar refractivity (Wildman–Crippen MR) is 71.8 cm³/mol. The van der Waals surface area contributed by atoms with E-state index >= 15 is 0 Å². The van der Waals surface area contributed by atoms with Crippen LogP contribution in [0.25, 0.3) is 0 Å². The molecule has 0 amide bonds. The number of anilines is 1. The maximum Gasteiger partial charge on any atom is 0.330 e. The monoisotopic (exact) mass is 297 g/mol. The van der Waals surface area contributed by atoms with Crippen molar-refractivity contribution in [3.63, 3.8) is 0 Å². The van der Waals surface area contributed by atoms with Crippen LogP contribution in [0.3, 0.4) is 0 Å². The lowest BCUT2D eigenvalue weighted by Crippen LogP contribution is -2.22. The summed E-state index contributed by atoms with van der Waals surface area (Å²) in [6.45, 7) is 0. The van der Waals surface area contributed by atoms with Gasteiger partial charge in [-0.25, -0.2) is 13.6 Å². The van der Waals surface area contributed by atoms with Crippen LogP contribution >= 0.6 is 11.6 Å². The number of carbonyl (C=O) groups is 1. The lowest BCUT2D eigenvalue weighted by Gasteiger charge is -2.17. The first-order valence-corrected chi connectivity index (χ1v) is 6.05. The molecular weight excluding hydrogens is 288 g/mol. The molecule has 0 aromatic heterocycles. The smallest absolute Gasteiger partial charge is 0.330 e. The Kier molecular flexibility index (Phi) is 4.20. The molecule has 0 fully saturated rings. The average molecular weight is 298 g/mol. The molecule has 0 aliphatic heterocycles. The summed E-state index contributed by atoms with van der Waals surface area (Å²) in [7, 11) is 0. The average Bonchev–Trinajstić information content (AvgIpc) is 2.39. The number of benzene rings is 2. The number of hydrogen-bond donors (Lipinski definition) is 2. The molecule has 0 aliphatic carbocycles. The van der Waals surface area contributed by atoms with Gasteiger partial charge in [-0.1, -0.05) is 29.8 Å². The minimum atomic E-state index is -1.41. The Labute approximate surface area is 118 Å². The molecule has 104 valence electrons. The Morgan fingerprint density at radius 3 is 2.55 bits per heavy atom. The van der Waals surface area contributed by atoms with E-state index in [0.717, 1.165) is 6.07 Å². The van der Waals surface area contributed by atoms with E-state index in [0.29, 0.717) is 10.7 Å². The van der Waals surface area contributed by atoms with Crippen molar-refractivity contribution in [3.8, 4) is 0 Å². The largest absolute Gasteiger partial charge is 0.479 e. The van der Waals surface area contributed by atoms with Crippen LogP contribution in [-0.4, -0.2) is 11.1 Å². The molecule has 0 spiro atoms. The van der Waals surface area contributed by atoms with Crippen molar-refractivity contribution in [1.29, 1.82) is 0 Å². The van der Waals surface area contributed by atoms with Crippen LogP contribution in [0.1, 0.15) is 11.6 Å². The first-order valence-electron chi connectivity index (χ1n) is 5.68.